The van der Waals surface area contributed by atoms with Gasteiger partial charge in [-0.2, -0.15) is 13.2 Å². The molecule has 0 saturated carbocycles. The molecule has 1 aliphatic rings. The summed E-state index contributed by atoms with van der Waals surface area (Å²) in [5.41, 5.74) is 1.53. The van der Waals surface area contributed by atoms with Gasteiger partial charge in [-0.25, -0.2) is 4.98 Å². The molecule has 4 rings (SSSR count). The molecule has 10 heteroatoms. The van der Waals surface area contributed by atoms with Gasteiger partial charge in [0.2, 0.25) is 5.78 Å². The minimum absolute atomic E-state index is 0.0629. The number of nitrogens with zero attached hydrogens (tertiary/aromatic N) is 4. The third-order valence-electron chi connectivity index (χ3n) is 5.83. The van der Waals surface area contributed by atoms with Crippen molar-refractivity contribution in [1.82, 2.24) is 19.4 Å². The number of hydrogen-bond donors (Lipinski definition) is 0. The number of ketones is 1. The minimum Gasteiger partial charge on any atom is -0.489 e. The van der Waals surface area contributed by atoms with Crippen molar-refractivity contribution in [2.45, 2.75) is 25.1 Å². The third kappa shape index (κ3) is 5.22. The van der Waals surface area contributed by atoms with Gasteiger partial charge in [0.1, 0.15) is 17.7 Å². The first-order valence-electron chi connectivity index (χ1n) is 10.9. The first-order valence-corrected chi connectivity index (χ1v) is 10.9. The van der Waals surface area contributed by atoms with Crippen LogP contribution in [0, 0.1) is 0 Å². The van der Waals surface area contributed by atoms with Crippen LogP contribution in [0.3, 0.4) is 0 Å². The Balaban J connectivity index is 1.37. The minimum atomic E-state index is -4.79. The van der Waals surface area contributed by atoms with Crippen molar-refractivity contribution in [1.29, 1.82) is 0 Å². The first-order chi connectivity index (χ1) is 16.1. The summed E-state index contributed by atoms with van der Waals surface area (Å²) in [4.78, 5) is 30.9. The van der Waals surface area contributed by atoms with Crippen molar-refractivity contribution >= 4 is 22.6 Å². The Bertz CT molecular complexity index is 1180. The topological polar surface area (TPSA) is 67.7 Å². The molecule has 3 aromatic rings. The van der Waals surface area contributed by atoms with Crippen LogP contribution in [0.25, 0.3) is 16.7 Å². The van der Waals surface area contributed by atoms with Crippen molar-refractivity contribution in [3.8, 4) is 11.6 Å². The molecular formula is C24H25F3N4O3. The van der Waals surface area contributed by atoms with Crippen LogP contribution in [-0.2, 0) is 4.79 Å². The van der Waals surface area contributed by atoms with E-state index in [0.717, 1.165) is 10.9 Å². The summed E-state index contributed by atoms with van der Waals surface area (Å²) in [5, 5.41) is 0.922. The Kier molecular flexibility index (Phi) is 6.60. The summed E-state index contributed by atoms with van der Waals surface area (Å²) in [6, 6.07) is 11.1. The van der Waals surface area contributed by atoms with E-state index >= 15 is 0 Å². The van der Waals surface area contributed by atoms with E-state index in [-0.39, 0.29) is 12.0 Å². The molecule has 0 N–H and O–H groups in total. The van der Waals surface area contributed by atoms with Gasteiger partial charge in [0.15, 0.2) is 0 Å². The van der Waals surface area contributed by atoms with Crippen LogP contribution in [-0.4, -0.2) is 77.1 Å². The number of benzene rings is 1. The lowest BCUT2D eigenvalue weighted by Gasteiger charge is -2.31. The third-order valence-corrected chi connectivity index (χ3v) is 5.83. The summed E-state index contributed by atoms with van der Waals surface area (Å²) in [7, 11) is 3.42. The highest BCUT2D eigenvalue weighted by atomic mass is 19.4. The van der Waals surface area contributed by atoms with Crippen LogP contribution in [0.1, 0.15) is 23.2 Å². The van der Waals surface area contributed by atoms with Gasteiger partial charge in [-0.15, -0.1) is 0 Å². The van der Waals surface area contributed by atoms with Crippen LogP contribution in [0.5, 0.6) is 5.75 Å². The summed E-state index contributed by atoms with van der Waals surface area (Å²) in [5.74, 6) is -0.518. The quantitative estimate of drug-likeness (QED) is 0.545. The summed E-state index contributed by atoms with van der Waals surface area (Å²) in [6.45, 7) is 0.124. The van der Waals surface area contributed by atoms with Gasteiger partial charge in [-0.3, -0.25) is 14.5 Å². The van der Waals surface area contributed by atoms with Crippen molar-refractivity contribution in [3.05, 3.63) is 54.4 Å². The fourth-order valence-electron chi connectivity index (χ4n) is 3.99. The monoisotopic (exact) mass is 474 g/mol. The molecule has 0 bridgehead atoms. The molecule has 1 aromatic carbocycles. The first kappa shape index (κ1) is 23.7. The van der Waals surface area contributed by atoms with Gasteiger partial charge in [0.05, 0.1) is 18.3 Å². The van der Waals surface area contributed by atoms with Crippen molar-refractivity contribution < 1.29 is 27.5 Å². The maximum absolute atomic E-state index is 12.4. The highest BCUT2D eigenvalue weighted by Gasteiger charge is 2.39. The zero-order chi connectivity index (χ0) is 24.5. The molecule has 0 unspecified atom stereocenters. The van der Waals surface area contributed by atoms with E-state index in [1.807, 2.05) is 35.0 Å². The molecule has 7 nitrogen and oxygen atoms in total. The Morgan fingerprint density at radius 3 is 2.47 bits per heavy atom. The van der Waals surface area contributed by atoms with E-state index < -0.39 is 18.5 Å². The lowest BCUT2D eigenvalue weighted by Crippen LogP contribution is -2.43. The Hall–Kier alpha value is -3.40. The number of piperidine rings is 1. The number of rotatable bonds is 6. The van der Waals surface area contributed by atoms with Gasteiger partial charge in [-0.05, 0) is 49.2 Å². The van der Waals surface area contributed by atoms with E-state index in [2.05, 4.69) is 4.98 Å². The summed E-state index contributed by atoms with van der Waals surface area (Å²) < 4.78 is 45.2. The zero-order valence-electron chi connectivity index (χ0n) is 18.9. The lowest BCUT2D eigenvalue weighted by atomic mass is 10.1. The smallest absolute Gasteiger partial charge is 0.451 e. The van der Waals surface area contributed by atoms with Crippen LogP contribution < -0.4 is 4.74 Å². The number of carbonyl (C=O) groups is 2. The summed E-state index contributed by atoms with van der Waals surface area (Å²) in [6.07, 6.45) is -0.380. The second-order valence-corrected chi connectivity index (χ2v) is 8.53. The van der Waals surface area contributed by atoms with Crippen molar-refractivity contribution in [3.63, 3.8) is 0 Å². The summed E-state index contributed by atoms with van der Waals surface area (Å²) >= 11 is 0. The van der Waals surface area contributed by atoms with Gasteiger partial charge in [-0.1, -0.05) is 0 Å². The van der Waals surface area contributed by atoms with Crippen molar-refractivity contribution in [2.24, 2.45) is 0 Å². The fraction of sp³-hybridized carbons (Fsp3) is 0.375. The number of hydrogen-bond acceptors (Lipinski definition) is 5. The maximum Gasteiger partial charge on any atom is 0.451 e. The highest BCUT2D eigenvalue weighted by Crippen LogP contribution is 2.24. The van der Waals surface area contributed by atoms with Crippen molar-refractivity contribution in [2.75, 3.05) is 33.7 Å². The SMILES string of the molecule is CN(C)C(=O)c1ccc2c(ccn2-c2ccc(OC3CCN(CC(=O)C(F)(F)F)CC3)cn2)c1. The van der Waals surface area contributed by atoms with Gasteiger partial charge >= 0.3 is 6.18 Å². The maximum atomic E-state index is 12.4. The number of aromatic nitrogens is 2. The molecule has 2 aromatic heterocycles. The standard InChI is InChI=1S/C24H25F3N4O3/c1-29(2)23(33)17-3-5-20-16(13-17)7-12-31(20)22-6-4-19(14-28-22)34-18-8-10-30(11-9-18)15-21(32)24(25,26)27/h3-7,12-14,18H,8-11,15H2,1-2H3. The molecule has 1 saturated heterocycles. The number of Topliss-reactive ketones (excluding diaryl/α,β-unsaturated/α-hetero) is 1. The van der Waals surface area contributed by atoms with Crippen LogP contribution >= 0.6 is 0 Å². The van der Waals surface area contributed by atoms with E-state index in [1.165, 1.54) is 9.80 Å². The van der Waals surface area contributed by atoms with E-state index in [9.17, 15) is 22.8 Å². The number of ether oxygens (including phenoxy) is 1. The Morgan fingerprint density at radius 1 is 1.12 bits per heavy atom. The molecular weight excluding hydrogens is 449 g/mol. The van der Waals surface area contributed by atoms with E-state index in [1.54, 1.807) is 32.4 Å². The number of pyridine rings is 1. The normalized spacial score (nSPS) is 15.4. The molecule has 180 valence electrons. The predicted molar refractivity (Wildman–Crippen MR) is 120 cm³/mol. The Labute approximate surface area is 194 Å². The second-order valence-electron chi connectivity index (χ2n) is 8.53. The van der Waals surface area contributed by atoms with Crippen LogP contribution in [0.4, 0.5) is 13.2 Å². The Morgan fingerprint density at radius 2 is 1.85 bits per heavy atom. The van der Waals surface area contributed by atoms with E-state index in [4.69, 9.17) is 4.74 Å². The van der Waals surface area contributed by atoms with Gasteiger partial charge < -0.3 is 14.2 Å². The molecule has 0 atom stereocenters. The number of likely N-dealkylation sites (tertiary alicyclic amines) is 1. The molecule has 1 amide bonds. The van der Waals surface area contributed by atoms with Crippen LogP contribution in [0.2, 0.25) is 0 Å². The number of fused-ring (bicyclic) bond motifs is 1. The molecule has 0 spiro atoms. The molecule has 1 fully saturated rings. The van der Waals surface area contributed by atoms with Gasteiger partial charge in [0.25, 0.3) is 5.91 Å². The molecule has 0 aliphatic carbocycles. The number of carbonyl (C=O) groups excluding carboxylic acids is 2. The predicted octanol–water partition coefficient (Wildman–Crippen LogP) is 3.70. The van der Waals surface area contributed by atoms with Crippen LogP contribution in [0.15, 0.2) is 48.8 Å². The lowest BCUT2D eigenvalue weighted by molar-refractivity contribution is -0.172. The van der Waals surface area contributed by atoms with E-state index in [0.29, 0.717) is 43.1 Å². The molecule has 1 aliphatic heterocycles. The molecule has 34 heavy (non-hydrogen) atoms. The largest absolute Gasteiger partial charge is 0.489 e. The fourth-order valence-corrected chi connectivity index (χ4v) is 3.99. The molecule has 0 radical (unpaired) electrons. The highest BCUT2D eigenvalue weighted by molar-refractivity contribution is 5.98. The average molecular weight is 474 g/mol. The second kappa shape index (κ2) is 9.46. The number of alkyl halides is 3. The average Bonchev–Trinajstić information content (AvgIpc) is 3.23. The number of halogens is 3. The van der Waals surface area contributed by atoms with Gasteiger partial charge in [0, 0.05) is 44.3 Å². The number of amides is 1. The molecule has 3 heterocycles. The zero-order valence-corrected chi connectivity index (χ0v) is 18.9.